The van der Waals surface area contributed by atoms with Crippen LogP contribution in [0.5, 0.6) is 17.2 Å². The lowest BCUT2D eigenvalue weighted by atomic mass is 9.95. The van der Waals surface area contributed by atoms with Gasteiger partial charge in [-0.25, -0.2) is 0 Å². The monoisotopic (exact) mass is 697 g/mol. The highest BCUT2D eigenvalue weighted by molar-refractivity contribution is 8.00. The van der Waals surface area contributed by atoms with Gasteiger partial charge in [-0.05, 0) is 77.7 Å². The highest BCUT2D eigenvalue weighted by atomic mass is 32.2. The Balaban J connectivity index is 1.22. The van der Waals surface area contributed by atoms with Crippen LogP contribution in [-0.4, -0.2) is 27.0 Å². The number of benzene rings is 5. The van der Waals surface area contributed by atoms with Crippen molar-refractivity contribution in [2.75, 3.05) is 4.90 Å². The molecule has 248 valence electrons. The molecule has 0 spiro atoms. The summed E-state index contributed by atoms with van der Waals surface area (Å²) in [7, 11) is 0. The summed E-state index contributed by atoms with van der Waals surface area (Å²) < 4.78 is 12.7. The Hall–Kier alpha value is -5.71. The number of nitrogens with zero attached hydrogens (tertiary/aromatic N) is 3. The van der Waals surface area contributed by atoms with E-state index >= 15 is 0 Å². The fraction of sp³-hybridized carbons (Fsp3) is 0.100. The van der Waals surface area contributed by atoms with E-state index in [-0.39, 0.29) is 16.5 Å². The minimum atomic E-state index is -0.994. The Labute approximate surface area is 297 Å². The summed E-state index contributed by atoms with van der Waals surface area (Å²) in [5.74, 6) is 0.468. The quantitative estimate of drug-likeness (QED) is 0.0470. The molecule has 1 saturated heterocycles. The molecule has 0 bridgehead atoms. The molecule has 5 aromatic carbocycles. The first-order valence-corrected chi connectivity index (χ1v) is 17.7. The average Bonchev–Trinajstić information content (AvgIpc) is 3.72. The molecule has 0 saturated carbocycles. The molecule has 1 fully saturated rings. The number of rotatable bonds is 11. The van der Waals surface area contributed by atoms with Crippen molar-refractivity contribution in [1.29, 1.82) is 0 Å². The van der Waals surface area contributed by atoms with E-state index in [1.807, 2.05) is 91.9 Å². The van der Waals surface area contributed by atoms with Crippen LogP contribution in [-0.2, 0) is 21.9 Å². The number of aliphatic hydroxyl groups is 1. The third-order valence-corrected chi connectivity index (χ3v) is 10.3. The third-order valence-electron chi connectivity index (χ3n) is 8.19. The van der Waals surface area contributed by atoms with Crippen LogP contribution in [0.4, 0.5) is 5.13 Å². The summed E-state index contributed by atoms with van der Waals surface area (Å²) in [5.41, 5.74) is 4.18. The molecule has 6 aromatic rings. The highest BCUT2D eigenvalue weighted by Crippen LogP contribution is 2.45. The fourth-order valence-electron chi connectivity index (χ4n) is 5.59. The summed E-state index contributed by atoms with van der Waals surface area (Å²) in [4.78, 5) is 29.0. The van der Waals surface area contributed by atoms with Gasteiger partial charge in [0.05, 0.1) is 11.6 Å². The topological polar surface area (TPSA) is 102 Å². The SMILES string of the molecule is Cc1ccccc1COc1ccc(/C(O)=C2\C(=O)C(=O)N(c3nnc(SCc4ccccc4)s3)C2c2cccc(Oc3ccccc3)c2)cc1. The lowest BCUT2D eigenvalue weighted by molar-refractivity contribution is -0.132. The second-order valence-electron chi connectivity index (χ2n) is 11.5. The van der Waals surface area contributed by atoms with E-state index in [1.54, 1.807) is 48.5 Å². The second-order valence-corrected chi connectivity index (χ2v) is 13.7. The van der Waals surface area contributed by atoms with Crippen molar-refractivity contribution in [2.24, 2.45) is 0 Å². The van der Waals surface area contributed by atoms with E-state index in [1.165, 1.54) is 28.0 Å². The number of anilines is 1. The van der Waals surface area contributed by atoms with E-state index < -0.39 is 17.7 Å². The van der Waals surface area contributed by atoms with Crippen LogP contribution >= 0.6 is 23.1 Å². The van der Waals surface area contributed by atoms with Crippen molar-refractivity contribution in [3.8, 4) is 17.2 Å². The molecule has 0 radical (unpaired) electrons. The van der Waals surface area contributed by atoms with Crippen LogP contribution in [0.2, 0.25) is 0 Å². The maximum absolute atomic E-state index is 13.8. The number of hydrogen-bond acceptors (Lipinski definition) is 9. The van der Waals surface area contributed by atoms with Crippen molar-refractivity contribution < 1.29 is 24.2 Å². The van der Waals surface area contributed by atoms with Crippen molar-refractivity contribution >= 4 is 45.7 Å². The van der Waals surface area contributed by atoms with E-state index in [0.717, 1.165) is 16.7 Å². The Bertz CT molecular complexity index is 2170. The number of aliphatic hydroxyl groups excluding tert-OH is 1. The molecule has 10 heteroatoms. The van der Waals surface area contributed by atoms with Gasteiger partial charge in [0.15, 0.2) is 4.34 Å². The summed E-state index contributed by atoms with van der Waals surface area (Å²) >= 11 is 2.71. The number of hydrogen-bond donors (Lipinski definition) is 1. The molecule has 50 heavy (non-hydrogen) atoms. The molecule has 1 atom stereocenters. The number of para-hydroxylation sites is 1. The van der Waals surface area contributed by atoms with Gasteiger partial charge in [0.25, 0.3) is 5.78 Å². The molecule has 1 aliphatic heterocycles. The van der Waals surface area contributed by atoms with E-state index in [4.69, 9.17) is 9.47 Å². The molecule has 0 aliphatic carbocycles. The van der Waals surface area contributed by atoms with Gasteiger partial charge in [-0.3, -0.25) is 14.5 Å². The minimum Gasteiger partial charge on any atom is -0.507 e. The zero-order chi connectivity index (χ0) is 34.5. The second kappa shape index (κ2) is 14.8. The normalized spacial score (nSPS) is 15.3. The lowest BCUT2D eigenvalue weighted by Crippen LogP contribution is -2.29. The predicted molar refractivity (Wildman–Crippen MR) is 196 cm³/mol. The first-order chi connectivity index (χ1) is 24.4. The van der Waals surface area contributed by atoms with Crippen LogP contribution in [0.25, 0.3) is 5.76 Å². The zero-order valence-corrected chi connectivity index (χ0v) is 28.6. The lowest BCUT2D eigenvalue weighted by Gasteiger charge is -2.23. The number of aryl methyl sites for hydroxylation is 1. The van der Waals surface area contributed by atoms with Crippen LogP contribution in [0.15, 0.2) is 143 Å². The van der Waals surface area contributed by atoms with Gasteiger partial charge in [0.1, 0.15) is 29.6 Å². The minimum absolute atomic E-state index is 0.0610. The zero-order valence-electron chi connectivity index (χ0n) is 26.9. The van der Waals surface area contributed by atoms with E-state index in [2.05, 4.69) is 10.2 Å². The standard InChI is InChI=1S/C40H31N3O5S2/c1-26-11-8-9-14-30(26)24-47-31-21-19-28(20-22-31)36(44)34-35(29-15-10-18-33(23-29)48-32-16-6-3-7-17-32)43(38(46)37(34)45)39-41-42-40(50-39)49-25-27-12-4-2-5-13-27/h2-23,35,44H,24-25H2,1H3/b36-34+. The molecular weight excluding hydrogens is 667 g/mol. The molecule has 1 aromatic heterocycles. The van der Waals surface area contributed by atoms with Crippen molar-refractivity contribution in [1.82, 2.24) is 10.2 Å². The van der Waals surface area contributed by atoms with Gasteiger partial charge in [-0.1, -0.05) is 108 Å². The Morgan fingerprint density at radius 1 is 0.800 bits per heavy atom. The van der Waals surface area contributed by atoms with Gasteiger partial charge in [-0.2, -0.15) is 0 Å². The summed E-state index contributed by atoms with van der Waals surface area (Å²) in [6, 6.07) is 40.2. The Kier molecular flexibility index (Phi) is 9.72. The maximum atomic E-state index is 13.8. The van der Waals surface area contributed by atoms with Gasteiger partial charge in [0.2, 0.25) is 5.13 Å². The number of ether oxygens (including phenoxy) is 2. The van der Waals surface area contributed by atoms with Crippen molar-refractivity contribution in [2.45, 2.75) is 29.7 Å². The summed E-state index contributed by atoms with van der Waals surface area (Å²) in [6.45, 7) is 2.42. The van der Waals surface area contributed by atoms with Crippen molar-refractivity contribution in [3.63, 3.8) is 0 Å². The molecular formula is C40H31N3O5S2. The largest absolute Gasteiger partial charge is 0.507 e. The highest BCUT2D eigenvalue weighted by Gasteiger charge is 2.48. The molecule has 2 heterocycles. The van der Waals surface area contributed by atoms with Crippen LogP contribution in [0.1, 0.15) is 33.9 Å². The average molecular weight is 698 g/mol. The number of carbonyl (C=O) groups excluding carboxylic acids is 2. The molecule has 7 rings (SSSR count). The molecule has 8 nitrogen and oxygen atoms in total. The third kappa shape index (κ3) is 7.17. The Morgan fingerprint density at radius 2 is 1.50 bits per heavy atom. The first-order valence-electron chi connectivity index (χ1n) is 15.9. The van der Waals surface area contributed by atoms with Crippen LogP contribution in [0, 0.1) is 6.92 Å². The molecule has 1 N–H and O–H groups in total. The number of thioether (sulfide) groups is 1. The number of ketones is 1. The summed E-state index contributed by atoms with van der Waals surface area (Å²) in [6.07, 6.45) is 0. The van der Waals surface area contributed by atoms with Crippen LogP contribution in [0.3, 0.4) is 0 Å². The number of amides is 1. The fourth-order valence-corrected chi connectivity index (χ4v) is 7.42. The van der Waals surface area contributed by atoms with Gasteiger partial charge in [-0.15, -0.1) is 10.2 Å². The van der Waals surface area contributed by atoms with E-state index in [9.17, 15) is 14.7 Å². The van der Waals surface area contributed by atoms with Gasteiger partial charge < -0.3 is 14.6 Å². The molecule has 1 aliphatic rings. The van der Waals surface area contributed by atoms with Crippen LogP contribution < -0.4 is 14.4 Å². The number of aromatic nitrogens is 2. The predicted octanol–water partition coefficient (Wildman–Crippen LogP) is 9.14. The Morgan fingerprint density at radius 3 is 2.26 bits per heavy atom. The number of Topliss-reactive ketones (excluding diaryl/α,β-unsaturated/α-hetero) is 1. The molecule has 1 amide bonds. The maximum Gasteiger partial charge on any atom is 0.301 e. The van der Waals surface area contributed by atoms with E-state index in [0.29, 0.717) is 45.1 Å². The molecule has 1 unspecified atom stereocenters. The van der Waals surface area contributed by atoms with Gasteiger partial charge >= 0.3 is 5.91 Å². The smallest absolute Gasteiger partial charge is 0.301 e. The number of carbonyl (C=O) groups is 2. The summed E-state index contributed by atoms with van der Waals surface area (Å²) in [5, 5.41) is 20.7. The van der Waals surface area contributed by atoms with Crippen molar-refractivity contribution in [3.05, 3.63) is 167 Å². The first kappa shape index (κ1) is 32.8. The van der Waals surface area contributed by atoms with Gasteiger partial charge in [0, 0.05) is 11.3 Å².